The molecule has 0 aliphatic carbocycles. The SMILES string of the molecule is [C-]#[N+]C(C#N)=C1C=C(c2ccco2)S(=O)(=O)C(c2ccco2)=C1. The molecule has 1 aliphatic heterocycles. The van der Waals surface area contributed by atoms with Gasteiger partial charge in [-0.05, 0) is 42.0 Å². The summed E-state index contributed by atoms with van der Waals surface area (Å²) in [5.41, 5.74) is -0.0249. The molecule has 0 saturated carbocycles. The van der Waals surface area contributed by atoms with E-state index in [0.29, 0.717) is 0 Å². The van der Waals surface area contributed by atoms with E-state index in [1.165, 1.54) is 36.8 Å². The smallest absolute Gasteiger partial charge is 0.269 e. The summed E-state index contributed by atoms with van der Waals surface area (Å²) in [7, 11) is -3.90. The van der Waals surface area contributed by atoms with E-state index in [1.807, 2.05) is 0 Å². The van der Waals surface area contributed by atoms with Gasteiger partial charge in [-0.2, -0.15) is 0 Å². The van der Waals surface area contributed by atoms with Crippen LogP contribution in [-0.4, -0.2) is 8.42 Å². The first-order valence-corrected chi connectivity index (χ1v) is 7.84. The second-order valence-electron chi connectivity index (χ2n) is 4.50. The lowest BCUT2D eigenvalue weighted by atomic mass is 10.1. The molecule has 0 spiro atoms. The van der Waals surface area contributed by atoms with Gasteiger partial charge in [-0.25, -0.2) is 18.5 Å². The highest BCUT2D eigenvalue weighted by atomic mass is 32.2. The molecule has 0 aromatic carbocycles. The van der Waals surface area contributed by atoms with Crippen LogP contribution in [0.2, 0.25) is 0 Å². The van der Waals surface area contributed by atoms with Crippen molar-refractivity contribution in [3.63, 3.8) is 0 Å². The molecule has 0 fully saturated rings. The molecule has 112 valence electrons. The monoisotopic (exact) mass is 324 g/mol. The zero-order valence-electron chi connectivity index (χ0n) is 11.6. The Morgan fingerprint density at radius 2 is 1.61 bits per heavy atom. The van der Waals surface area contributed by atoms with Crippen LogP contribution in [0.3, 0.4) is 0 Å². The average molecular weight is 324 g/mol. The van der Waals surface area contributed by atoms with E-state index in [1.54, 1.807) is 18.2 Å². The minimum Gasteiger partial charge on any atom is -0.464 e. The van der Waals surface area contributed by atoms with E-state index in [4.69, 9.17) is 20.7 Å². The molecule has 2 aromatic rings. The lowest BCUT2D eigenvalue weighted by molar-refractivity contribution is 0.550. The van der Waals surface area contributed by atoms with Gasteiger partial charge in [0, 0.05) is 0 Å². The molecule has 1 aliphatic rings. The fourth-order valence-electron chi connectivity index (χ4n) is 2.13. The molecule has 0 bridgehead atoms. The first-order chi connectivity index (χ1) is 11.1. The Hall–Kier alpha value is -3.29. The zero-order chi connectivity index (χ0) is 16.4. The zero-order valence-corrected chi connectivity index (χ0v) is 12.4. The van der Waals surface area contributed by atoms with Crippen LogP contribution in [0.25, 0.3) is 14.7 Å². The summed E-state index contributed by atoms with van der Waals surface area (Å²) < 4.78 is 36.0. The van der Waals surface area contributed by atoms with Gasteiger partial charge in [-0.3, -0.25) is 0 Å². The maximum absolute atomic E-state index is 12.8. The van der Waals surface area contributed by atoms with Crippen molar-refractivity contribution >= 4 is 19.6 Å². The lowest BCUT2D eigenvalue weighted by Crippen LogP contribution is -2.10. The van der Waals surface area contributed by atoms with Gasteiger partial charge in [-0.15, -0.1) is 0 Å². The molecular weight excluding hydrogens is 316 g/mol. The Labute approximate surface area is 132 Å². The van der Waals surface area contributed by atoms with Gasteiger partial charge in [0.2, 0.25) is 9.84 Å². The maximum Gasteiger partial charge on any atom is 0.269 e. The number of hydrogen-bond donors (Lipinski definition) is 0. The number of hydrogen-bond acceptors (Lipinski definition) is 5. The molecule has 23 heavy (non-hydrogen) atoms. The van der Waals surface area contributed by atoms with Crippen molar-refractivity contribution in [3.05, 3.63) is 83.2 Å². The maximum atomic E-state index is 12.8. The van der Waals surface area contributed by atoms with Crippen LogP contribution in [0.4, 0.5) is 0 Å². The number of sulfone groups is 1. The summed E-state index contributed by atoms with van der Waals surface area (Å²) in [6, 6.07) is 7.86. The van der Waals surface area contributed by atoms with Crippen molar-refractivity contribution in [3.8, 4) is 6.07 Å². The lowest BCUT2D eigenvalue weighted by Gasteiger charge is -2.15. The van der Waals surface area contributed by atoms with Gasteiger partial charge in [-0.1, -0.05) is 0 Å². The number of nitrogens with zero attached hydrogens (tertiary/aromatic N) is 2. The Morgan fingerprint density at radius 3 is 1.96 bits per heavy atom. The first-order valence-electron chi connectivity index (χ1n) is 6.36. The van der Waals surface area contributed by atoms with Crippen LogP contribution in [0, 0.1) is 17.9 Å². The van der Waals surface area contributed by atoms with Gasteiger partial charge < -0.3 is 8.83 Å². The Balaban J connectivity index is 2.32. The first kappa shape index (κ1) is 14.6. The van der Waals surface area contributed by atoms with Crippen molar-refractivity contribution in [1.82, 2.24) is 0 Å². The Bertz CT molecular complexity index is 946. The van der Waals surface area contributed by atoms with E-state index >= 15 is 0 Å². The summed E-state index contributed by atoms with van der Waals surface area (Å²) in [5, 5.41) is 9.07. The molecule has 6 nitrogen and oxygen atoms in total. The minimum atomic E-state index is -3.90. The van der Waals surface area contributed by atoms with Gasteiger partial charge >= 0.3 is 0 Å². The fourth-order valence-corrected chi connectivity index (χ4v) is 3.70. The molecule has 0 unspecified atom stereocenters. The van der Waals surface area contributed by atoms with Crippen LogP contribution < -0.4 is 0 Å². The highest BCUT2D eigenvalue weighted by Crippen LogP contribution is 2.39. The van der Waals surface area contributed by atoms with Crippen LogP contribution >= 0.6 is 0 Å². The van der Waals surface area contributed by atoms with Gasteiger partial charge in [0.1, 0.15) is 21.3 Å². The number of nitriles is 1. The Morgan fingerprint density at radius 1 is 1.09 bits per heavy atom. The van der Waals surface area contributed by atoms with Gasteiger partial charge in [0.15, 0.2) is 0 Å². The third-order valence-electron chi connectivity index (χ3n) is 3.17. The summed E-state index contributed by atoms with van der Waals surface area (Å²) >= 11 is 0. The van der Waals surface area contributed by atoms with Crippen molar-refractivity contribution in [2.45, 2.75) is 0 Å². The van der Waals surface area contributed by atoms with Crippen LogP contribution in [-0.2, 0) is 9.84 Å². The average Bonchev–Trinajstić information content (AvgIpc) is 3.22. The quantitative estimate of drug-likeness (QED) is 0.624. The van der Waals surface area contributed by atoms with Crippen molar-refractivity contribution < 1.29 is 17.3 Å². The van der Waals surface area contributed by atoms with Crippen LogP contribution in [0.1, 0.15) is 11.5 Å². The van der Waals surface area contributed by atoms with E-state index in [9.17, 15) is 8.42 Å². The fraction of sp³-hybridized carbons (Fsp3) is 0. The third-order valence-corrected chi connectivity index (χ3v) is 4.97. The molecule has 3 heterocycles. The van der Waals surface area contributed by atoms with E-state index in [0.717, 1.165) is 0 Å². The number of furan rings is 2. The summed E-state index contributed by atoms with van der Waals surface area (Å²) in [5.74, 6) is 0.254. The summed E-state index contributed by atoms with van der Waals surface area (Å²) in [6.07, 6.45) is 5.22. The van der Waals surface area contributed by atoms with E-state index in [-0.39, 0.29) is 32.6 Å². The van der Waals surface area contributed by atoms with Crippen LogP contribution in [0.5, 0.6) is 0 Å². The molecule has 7 heteroatoms. The molecular formula is C16H8N2O4S. The second kappa shape index (κ2) is 5.48. The van der Waals surface area contributed by atoms with Crippen molar-refractivity contribution in [1.29, 1.82) is 5.26 Å². The summed E-state index contributed by atoms with van der Waals surface area (Å²) in [4.78, 5) is 2.89. The normalized spacial score (nSPS) is 16.0. The predicted octanol–water partition coefficient (Wildman–Crippen LogP) is 3.38. The molecule has 0 atom stereocenters. The van der Waals surface area contributed by atoms with Gasteiger partial charge in [0.05, 0.1) is 25.2 Å². The van der Waals surface area contributed by atoms with Crippen molar-refractivity contribution in [2.75, 3.05) is 0 Å². The summed E-state index contributed by atoms with van der Waals surface area (Å²) in [6.45, 7) is 7.07. The minimum absolute atomic E-state index is 0.122. The van der Waals surface area contributed by atoms with Crippen molar-refractivity contribution in [2.24, 2.45) is 0 Å². The molecule has 0 radical (unpaired) electrons. The Kier molecular flexibility index (Phi) is 3.49. The predicted molar refractivity (Wildman–Crippen MR) is 81.5 cm³/mol. The van der Waals surface area contributed by atoms with Gasteiger partial charge in [0.25, 0.3) is 5.70 Å². The molecule has 0 saturated heterocycles. The van der Waals surface area contributed by atoms with Crippen LogP contribution in [0.15, 0.2) is 69.0 Å². The second-order valence-corrected chi connectivity index (χ2v) is 6.39. The topological polar surface area (TPSA) is 88.6 Å². The third kappa shape index (κ3) is 2.39. The molecule has 0 N–H and O–H groups in total. The highest BCUT2D eigenvalue weighted by molar-refractivity contribution is 8.09. The highest BCUT2D eigenvalue weighted by Gasteiger charge is 2.33. The number of rotatable bonds is 2. The standard InChI is InChI=1S/C16H8N2O4S/c1-18-12(10-17)11-8-15(13-4-2-6-21-13)23(19,20)16(9-11)14-5-3-7-22-14/h2-9H. The molecule has 2 aromatic heterocycles. The molecule has 3 rings (SSSR count). The molecule has 0 amide bonds. The largest absolute Gasteiger partial charge is 0.464 e. The van der Waals surface area contributed by atoms with E-state index < -0.39 is 9.84 Å². The number of allylic oxidation sites excluding steroid dienone is 4. The van der Waals surface area contributed by atoms with E-state index in [2.05, 4.69) is 4.85 Å².